The smallest absolute Gasteiger partial charge is 0.407 e. The number of carbonyl (C=O) groups excluding carboxylic acids is 1. The van der Waals surface area contributed by atoms with Gasteiger partial charge in [-0.2, -0.15) is 10.2 Å². The summed E-state index contributed by atoms with van der Waals surface area (Å²) in [6, 6.07) is 15.2. The molecule has 1 N–H and O–H groups in total. The van der Waals surface area contributed by atoms with E-state index in [1.54, 1.807) is 26.6 Å². The van der Waals surface area contributed by atoms with Crippen LogP contribution in [0.1, 0.15) is 11.1 Å². The van der Waals surface area contributed by atoms with E-state index in [0.29, 0.717) is 12.8 Å². The Labute approximate surface area is 196 Å². The monoisotopic (exact) mass is 463 g/mol. The molecule has 0 bridgehead atoms. The third-order valence-corrected chi connectivity index (χ3v) is 5.51. The predicted octanol–water partition coefficient (Wildman–Crippen LogP) is 3.60. The molecule has 0 aromatic heterocycles. The Morgan fingerprint density at radius 3 is 2.38 bits per heavy atom. The average Bonchev–Trinajstić information content (AvgIpc) is 3.52. The normalized spacial score (nSPS) is 22.2. The molecule has 2 aliphatic heterocycles. The van der Waals surface area contributed by atoms with Crippen molar-refractivity contribution in [3.05, 3.63) is 59.7 Å². The highest BCUT2D eigenvalue weighted by Gasteiger charge is 2.36. The topological polar surface area (TPSA) is 131 Å². The molecule has 0 spiro atoms. The zero-order valence-electron chi connectivity index (χ0n) is 18.9. The van der Waals surface area contributed by atoms with Crippen LogP contribution in [-0.4, -0.2) is 57.0 Å². The summed E-state index contributed by atoms with van der Waals surface area (Å²) in [5.41, 5.74) is 0.162. The van der Waals surface area contributed by atoms with Crippen molar-refractivity contribution in [3.8, 4) is 11.5 Å². The van der Waals surface area contributed by atoms with Crippen LogP contribution in [0.2, 0.25) is 0 Å². The molecule has 0 saturated heterocycles. The van der Waals surface area contributed by atoms with Crippen LogP contribution in [0, 0.1) is 0 Å². The molecule has 176 valence electrons. The molecule has 4 rings (SSSR count). The number of alkyl carbamates (subject to hydrolysis) is 1. The van der Waals surface area contributed by atoms with E-state index < -0.39 is 17.2 Å². The maximum absolute atomic E-state index is 12.6. The number of rotatable bonds is 10. The van der Waals surface area contributed by atoms with E-state index in [4.69, 9.17) is 14.2 Å². The zero-order valence-corrected chi connectivity index (χ0v) is 18.9. The standard InChI is InChI=1S/C23H25N7O4/c1-32-19-8-5-6-17(10-19)11-23(15-26-30-28-23)16-34-21(31)24-13-22(14-25-29-27-22)12-18-7-3-4-9-20(18)33-2/h3-10,14-15H,11-13,16H2,1-2H3,(H,24,31). The summed E-state index contributed by atoms with van der Waals surface area (Å²) in [6.07, 6.45) is 3.48. The van der Waals surface area contributed by atoms with Gasteiger partial charge in [-0.05, 0) is 39.8 Å². The molecule has 34 heavy (non-hydrogen) atoms. The van der Waals surface area contributed by atoms with E-state index in [1.165, 1.54) is 0 Å². The molecule has 2 aliphatic rings. The van der Waals surface area contributed by atoms with Gasteiger partial charge in [-0.15, -0.1) is 10.2 Å². The van der Waals surface area contributed by atoms with Gasteiger partial charge in [-0.25, -0.2) is 4.79 Å². The number of benzene rings is 2. The molecule has 2 atom stereocenters. The van der Waals surface area contributed by atoms with Gasteiger partial charge in [-0.1, -0.05) is 30.3 Å². The van der Waals surface area contributed by atoms with Gasteiger partial charge in [0, 0.05) is 12.8 Å². The molecule has 0 fully saturated rings. The second kappa shape index (κ2) is 10.2. The minimum Gasteiger partial charge on any atom is -0.497 e. The van der Waals surface area contributed by atoms with E-state index in [-0.39, 0.29) is 13.2 Å². The van der Waals surface area contributed by atoms with E-state index in [0.717, 1.165) is 22.6 Å². The summed E-state index contributed by atoms with van der Waals surface area (Å²) in [5, 5.41) is 26.5. The highest BCUT2D eigenvalue weighted by atomic mass is 16.5. The number of hydrogen-bond donors (Lipinski definition) is 1. The molecule has 1 amide bonds. The fourth-order valence-electron chi connectivity index (χ4n) is 3.75. The lowest BCUT2D eigenvalue weighted by molar-refractivity contribution is 0.130. The van der Waals surface area contributed by atoms with Crippen molar-refractivity contribution in [1.82, 2.24) is 5.32 Å². The molecule has 11 heteroatoms. The Kier molecular flexibility index (Phi) is 6.90. The fraction of sp³-hybridized carbons (Fsp3) is 0.348. The van der Waals surface area contributed by atoms with E-state index in [1.807, 2.05) is 48.5 Å². The molecular weight excluding hydrogens is 438 g/mol. The number of methoxy groups -OCH3 is 2. The highest BCUT2D eigenvalue weighted by molar-refractivity contribution is 5.76. The first-order valence-corrected chi connectivity index (χ1v) is 10.6. The average molecular weight is 463 g/mol. The van der Waals surface area contributed by atoms with Gasteiger partial charge in [0.2, 0.25) is 0 Å². The van der Waals surface area contributed by atoms with Gasteiger partial charge in [0.25, 0.3) is 0 Å². The quantitative estimate of drug-likeness (QED) is 0.577. The summed E-state index contributed by atoms with van der Waals surface area (Å²) in [7, 11) is 3.21. The number of hydrogen-bond acceptors (Lipinski definition) is 10. The van der Waals surface area contributed by atoms with Crippen LogP contribution in [-0.2, 0) is 17.6 Å². The number of nitrogens with one attached hydrogen (secondary N) is 1. The fourth-order valence-corrected chi connectivity index (χ4v) is 3.75. The molecule has 0 radical (unpaired) electrons. The molecule has 2 unspecified atom stereocenters. The minimum atomic E-state index is -0.882. The summed E-state index contributed by atoms with van der Waals surface area (Å²) in [5.74, 6) is 1.45. The van der Waals surface area contributed by atoms with Gasteiger partial charge in [-0.3, -0.25) is 0 Å². The highest BCUT2D eigenvalue weighted by Crippen LogP contribution is 2.27. The Bertz CT molecular complexity index is 1120. The van der Waals surface area contributed by atoms with Crippen molar-refractivity contribution in [2.45, 2.75) is 23.9 Å². The van der Waals surface area contributed by atoms with Crippen molar-refractivity contribution in [3.63, 3.8) is 0 Å². The van der Waals surface area contributed by atoms with Gasteiger partial charge in [0.05, 0.1) is 33.2 Å². The first-order valence-electron chi connectivity index (χ1n) is 10.6. The van der Waals surface area contributed by atoms with Crippen LogP contribution in [0.25, 0.3) is 0 Å². The number of carbonyl (C=O) groups is 1. The third-order valence-electron chi connectivity index (χ3n) is 5.51. The van der Waals surface area contributed by atoms with Crippen molar-refractivity contribution in [2.75, 3.05) is 27.4 Å². The van der Waals surface area contributed by atoms with Crippen molar-refractivity contribution in [2.24, 2.45) is 30.9 Å². The summed E-state index contributed by atoms with van der Waals surface area (Å²) >= 11 is 0. The number of amides is 1. The number of ether oxygens (including phenoxy) is 3. The van der Waals surface area contributed by atoms with E-state index in [9.17, 15) is 4.79 Å². The SMILES string of the molecule is COc1cccc(CC2(COC(=O)NCC3(Cc4ccccc4OC)C=NN=N3)C=NN=N2)c1. The second-order valence-electron chi connectivity index (χ2n) is 8.02. The van der Waals surface area contributed by atoms with Crippen LogP contribution in [0.5, 0.6) is 11.5 Å². The van der Waals surface area contributed by atoms with Crippen molar-refractivity contribution < 1.29 is 19.0 Å². The molecule has 2 heterocycles. The number of para-hydroxylation sites is 1. The van der Waals surface area contributed by atoms with Crippen LogP contribution in [0.15, 0.2) is 79.4 Å². The largest absolute Gasteiger partial charge is 0.497 e. The summed E-state index contributed by atoms with van der Waals surface area (Å²) < 4.78 is 16.2. The lowest BCUT2D eigenvalue weighted by Crippen LogP contribution is -2.45. The second-order valence-corrected chi connectivity index (χ2v) is 8.02. The molecular formula is C23H25N7O4. The minimum absolute atomic E-state index is 0.0296. The van der Waals surface area contributed by atoms with Crippen LogP contribution < -0.4 is 14.8 Å². The van der Waals surface area contributed by atoms with Crippen LogP contribution >= 0.6 is 0 Å². The van der Waals surface area contributed by atoms with Crippen molar-refractivity contribution in [1.29, 1.82) is 0 Å². The summed E-state index contributed by atoms with van der Waals surface area (Å²) in [4.78, 5) is 12.6. The zero-order chi connectivity index (χ0) is 23.9. The van der Waals surface area contributed by atoms with Crippen molar-refractivity contribution >= 4 is 18.5 Å². The van der Waals surface area contributed by atoms with Gasteiger partial charge < -0.3 is 19.5 Å². The summed E-state index contributed by atoms with van der Waals surface area (Å²) in [6.45, 7) is 0.119. The Hall–Kier alpha value is -4.15. The van der Waals surface area contributed by atoms with Gasteiger partial charge in [0.15, 0.2) is 5.54 Å². The van der Waals surface area contributed by atoms with Gasteiger partial charge in [0.1, 0.15) is 23.6 Å². The van der Waals surface area contributed by atoms with E-state index in [2.05, 4.69) is 36.2 Å². The predicted molar refractivity (Wildman–Crippen MR) is 125 cm³/mol. The Morgan fingerprint density at radius 1 is 0.912 bits per heavy atom. The van der Waals surface area contributed by atoms with Crippen LogP contribution in [0.4, 0.5) is 4.79 Å². The molecule has 2 aromatic rings. The maximum atomic E-state index is 12.6. The third kappa shape index (κ3) is 5.42. The lowest BCUT2D eigenvalue weighted by atomic mass is 9.92. The Morgan fingerprint density at radius 2 is 1.68 bits per heavy atom. The molecule has 0 aliphatic carbocycles. The van der Waals surface area contributed by atoms with Crippen LogP contribution in [0.3, 0.4) is 0 Å². The maximum Gasteiger partial charge on any atom is 0.407 e. The molecule has 11 nitrogen and oxygen atoms in total. The molecule has 0 saturated carbocycles. The van der Waals surface area contributed by atoms with Gasteiger partial charge >= 0.3 is 6.09 Å². The molecule has 2 aromatic carbocycles. The van der Waals surface area contributed by atoms with E-state index >= 15 is 0 Å². The lowest BCUT2D eigenvalue weighted by Gasteiger charge is -2.24. The first kappa shape index (κ1) is 23.0. The number of nitrogens with zero attached hydrogens (tertiary/aromatic N) is 6. The Balaban J connectivity index is 1.36. The first-order chi connectivity index (χ1) is 16.6.